The number of amides is 1. The third-order valence-electron chi connectivity index (χ3n) is 4.51. The van der Waals surface area contributed by atoms with E-state index in [1.807, 2.05) is 6.92 Å². The molecule has 2 N–H and O–H groups in total. The van der Waals surface area contributed by atoms with E-state index in [-0.39, 0.29) is 4.90 Å². The number of sulfonamides is 1. The topological polar surface area (TPSA) is 103 Å². The average Bonchev–Trinajstić information content (AvgIpc) is 2.77. The SMILES string of the molecule is CCCCNS(=O)(=O)c1cccc(NC(=O)/C=C/c2cc(OC)c3c(c2)OCCO3)c1. The summed E-state index contributed by atoms with van der Waals surface area (Å²) in [7, 11) is -2.09. The molecule has 1 aliphatic rings. The van der Waals surface area contributed by atoms with Gasteiger partial charge in [0.2, 0.25) is 21.7 Å². The molecule has 1 amide bonds. The fraction of sp³-hybridized carbons (Fsp3) is 0.318. The Kier molecular flexibility index (Phi) is 7.54. The Labute approximate surface area is 182 Å². The predicted molar refractivity (Wildman–Crippen MR) is 118 cm³/mol. The fourth-order valence-electron chi connectivity index (χ4n) is 2.95. The number of methoxy groups -OCH3 is 1. The fourth-order valence-corrected chi connectivity index (χ4v) is 4.07. The largest absolute Gasteiger partial charge is 0.493 e. The van der Waals surface area contributed by atoms with Crippen molar-refractivity contribution >= 4 is 27.7 Å². The lowest BCUT2D eigenvalue weighted by molar-refractivity contribution is -0.111. The van der Waals surface area contributed by atoms with Crippen LogP contribution in [0.5, 0.6) is 17.2 Å². The molecule has 1 aliphatic heterocycles. The van der Waals surface area contributed by atoms with E-state index < -0.39 is 15.9 Å². The lowest BCUT2D eigenvalue weighted by atomic mass is 10.1. The second-order valence-corrected chi connectivity index (χ2v) is 8.62. The Morgan fingerprint density at radius 2 is 2.00 bits per heavy atom. The van der Waals surface area contributed by atoms with Crippen LogP contribution >= 0.6 is 0 Å². The number of nitrogens with one attached hydrogen (secondary N) is 2. The molecule has 8 nitrogen and oxygen atoms in total. The molecular formula is C22H26N2O6S. The first-order chi connectivity index (χ1) is 14.9. The highest BCUT2D eigenvalue weighted by atomic mass is 32.2. The monoisotopic (exact) mass is 446 g/mol. The molecule has 0 aliphatic carbocycles. The zero-order valence-electron chi connectivity index (χ0n) is 17.5. The van der Waals surface area contributed by atoms with Gasteiger partial charge in [0.15, 0.2) is 11.5 Å². The van der Waals surface area contributed by atoms with Gasteiger partial charge in [0.1, 0.15) is 13.2 Å². The molecule has 0 atom stereocenters. The number of unbranched alkanes of at least 4 members (excludes halogenated alkanes) is 1. The normalized spacial score (nSPS) is 13.2. The van der Waals surface area contributed by atoms with E-state index in [1.165, 1.54) is 25.3 Å². The number of carbonyl (C=O) groups is 1. The van der Waals surface area contributed by atoms with Gasteiger partial charge in [0, 0.05) is 18.3 Å². The minimum absolute atomic E-state index is 0.0990. The lowest BCUT2D eigenvalue weighted by Crippen LogP contribution is -2.24. The van der Waals surface area contributed by atoms with Gasteiger partial charge in [-0.25, -0.2) is 13.1 Å². The van der Waals surface area contributed by atoms with Gasteiger partial charge in [-0.3, -0.25) is 4.79 Å². The molecule has 0 saturated heterocycles. The van der Waals surface area contributed by atoms with Crippen LogP contribution in [0.4, 0.5) is 5.69 Å². The molecular weight excluding hydrogens is 420 g/mol. The minimum Gasteiger partial charge on any atom is -0.493 e. The van der Waals surface area contributed by atoms with Gasteiger partial charge in [0.05, 0.1) is 12.0 Å². The zero-order chi connectivity index (χ0) is 22.3. The third-order valence-corrected chi connectivity index (χ3v) is 5.97. The smallest absolute Gasteiger partial charge is 0.248 e. The van der Waals surface area contributed by atoms with Gasteiger partial charge >= 0.3 is 0 Å². The molecule has 0 fully saturated rings. The molecule has 0 aromatic heterocycles. The summed E-state index contributed by atoms with van der Waals surface area (Å²) in [6.07, 6.45) is 4.61. The molecule has 0 unspecified atom stereocenters. The average molecular weight is 447 g/mol. The van der Waals surface area contributed by atoms with Crippen LogP contribution in [0, 0.1) is 0 Å². The van der Waals surface area contributed by atoms with Crippen LogP contribution in [0.25, 0.3) is 6.08 Å². The summed E-state index contributed by atoms with van der Waals surface area (Å²) in [6.45, 7) is 3.25. The van der Waals surface area contributed by atoms with Crippen LogP contribution in [0.3, 0.4) is 0 Å². The van der Waals surface area contributed by atoms with Crippen LogP contribution in [-0.4, -0.2) is 41.2 Å². The standard InChI is InChI=1S/C22H26N2O6S/c1-3-4-10-23-31(26,27)18-7-5-6-17(15-18)24-21(25)9-8-16-13-19(28-2)22-20(14-16)29-11-12-30-22/h5-9,13-15,23H,3-4,10-12H2,1-2H3,(H,24,25)/b9-8+. The van der Waals surface area contributed by atoms with Gasteiger partial charge in [-0.1, -0.05) is 19.4 Å². The lowest BCUT2D eigenvalue weighted by Gasteiger charge is -2.20. The number of ether oxygens (including phenoxy) is 3. The zero-order valence-corrected chi connectivity index (χ0v) is 18.3. The second-order valence-electron chi connectivity index (χ2n) is 6.85. The van der Waals surface area contributed by atoms with Crippen molar-refractivity contribution in [3.8, 4) is 17.2 Å². The van der Waals surface area contributed by atoms with Crippen LogP contribution in [0.15, 0.2) is 47.4 Å². The molecule has 2 aromatic carbocycles. The summed E-state index contributed by atoms with van der Waals surface area (Å²) < 4.78 is 43.8. The van der Waals surface area contributed by atoms with Gasteiger partial charge in [-0.15, -0.1) is 0 Å². The number of benzene rings is 2. The highest BCUT2D eigenvalue weighted by molar-refractivity contribution is 7.89. The van der Waals surface area contributed by atoms with Crippen molar-refractivity contribution in [2.24, 2.45) is 0 Å². The van der Waals surface area contributed by atoms with Crippen molar-refractivity contribution < 1.29 is 27.4 Å². The van der Waals surface area contributed by atoms with E-state index in [4.69, 9.17) is 14.2 Å². The van der Waals surface area contributed by atoms with Gasteiger partial charge in [0.25, 0.3) is 0 Å². The van der Waals surface area contributed by atoms with E-state index in [2.05, 4.69) is 10.0 Å². The van der Waals surface area contributed by atoms with Crippen LogP contribution < -0.4 is 24.2 Å². The van der Waals surface area contributed by atoms with Crippen molar-refractivity contribution in [1.29, 1.82) is 0 Å². The highest BCUT2D eigenvalue weighted by Gasteiger charge is 2.18. The van der Waals surface area contributed by atoms with Gasteiger partial charge < -0.3 is 19.5 Å². The van der Waals surface area contributed by atoms with Gasteiger partial charge in [-0.05, 0) is 48.4 Å². The van der Waals surface area contributed by atoms with Crippen molar-refractivity contribution in [3.05, 3.63) is 48.0 Å². The van der Waals surface area contributed by atoms with Crippen LogP contribution in [0.1, 0.15) is 25.3 Å². The van der Waals surface area contributed by atoms with E-state index in [0.717, 1.165) is 12.8 Å². The number of fused-ring (bicyclic) bond motifs is 1. The first-order valence-electron chi connectivity index (χ1n) is 9.99. The summed E-state index contributed by atoms with van der Waals surface area (Å²) in [6, 6.07) is 9.63. The third kappa shape index (κ3) is 5.99. The first kappa shape index (κ1) is 22.6. The van der Waals surface area contributed by atoms with E-state index in [9.17, 15) is 13.2 Å². The van der Waals surface area contributed by atoms with E-state index in [1.54, 1.807) is 30.3 Å². The molecule has 9 heteroatoms. The van der Waals surface area contributed by atoms with Crippen molar-refractivity contribution in [2.75, 3.05) is 32.2 Å². The molecule has 1 heterocycles. The predicted octanol–water partition coefficient (Wildman–Crippen LogP) is 3.20. The van der Waals surface area contributed by atoms with Crippen LogP contribution in [-0.2, 0) is 14.8 Å². The van der Waals surface area contributed by atoms with Crippen molar-refractivity contribution in [2.45, 2.75) is 24.7 Å². The first-order valence-corrected chi connectivity index (χ1v) is 11.5. The number of anilines is 1. The Hall–Kier alpha value is -3.04. The molecule has 0 bridgehead atoms. The van der Waals surface area contributed by atoms with E-state index in [0.29, 0.717) is 48.3 Å². The Morgan fingerprint density at radius 3 is 2.77 bits per heavy atom. The summed E-state index contributed by atoms with van der Waals surface area (Å²) >= 11 is 0. The maximum Gasteiger partial charge on any atom is 0.248 e. The molecule has 31 heavy (non-hydrogen) atoms. The summed E-state index contributed by atoms with van der Waals surface area (Å²) in [4.78, 5) is 12.4. The molecule has 0 radical (unpaired) electrons. The van der Waals surface area contributed by atoms with E-state index >= 15 is 0 Å². The highest BCUT2D eigenvalue weighted by Crippen LogP contribution is 2.40. The molecule has 3 rings (SSSR count). The van der Waals surface area contributed by atoms with Crippen molar-refractivity contribution in [1.82, 2.24) is 4.72 Å². The molecule has 0 saturated carbocycles. The number of hydrogen-bond donors (Lipinski definition) is 2. The number of rotatable bonds is 9. The quantitative estimate of drug-likeness (QED) is 0.453. The molecule has 0 spiro atoms. The maximum atomic E-state index is 12.4. The maximum absolute atomic E-state index is 12.4. The summed E-state index contributed by atoms with van der Waals surface area (Å²) in [5.41, 5.74) is 1.08. The van der Waals surface area contributed by atoms with Crippen molar-refractivity contribution in [3.63, 3.8) is 0 Å². The molecule has 166 valence electrons. The Morgan fingerprint density at radius 1 is 1.19 bits per heavy atom. The molecule has 2 aromatic rings. The Balaban J connectivity index is 1.69. The Bertz CT molecular complexity index is 1050. The second kappa shape index (κ2) is 10.3. The minimum atomic E-state index is -3.62. The number of hydrogen-bond acceptors (Lipinski definition) is 6. The van der Waals surface area contributed by atoms with Gasteiger partial charge in [-0.2, -0.15) is 0 Å². The number of carbonyl (C=O) groups excluding carboxylic acids is 1. The summed E-state index contributed by atoms with van der Waals surface area (Å²) in [5.74, 6) is 1.22. The van der Waals surface area contributed by atoms with Crippen LogP contribution in [0.2, 0.25) is 0 Å². The summed E-state index contributed by atoms with van der Waals surface area (Å²) in [5, 5.41) is 2.68.